The second-order valence-electron chi connectivity index (χ2n) is 4.72. The lowest BCUT2D eigenvalue weighted by molar-refractivity contribution is 0.0818. The third-order valence-corrected chi connectivity index (χ3v) is 3.64. The summed E-state index contributed by atoms with van der Waals surface area (Å²) in [5.74, 6) is 0.222. The van der Waals surface area contributed by atoms with Crippen LogP contribution >= 0.6 is 0 Å². The molecule has 1 aliphatic rings. The molecule has 1 saturated heterocycles. The van der Waals surface area contributed by atoms with E-state index in [1.807, 2.05) is 25.1 Å². The Morgan fingerprint density at radius 3 is 2.61 bits per heavy atom. The van der Waals surface area contributed by atoms with Crippen LogP contribution in [0, 0.1) is 0 Å². The molecule has 0 bridgehead atoms. The topological polar surface area (TPSA) is 29.5 Å². The van der Waals surface area contributed by atoms with Crippen molar-refractivity contribution < 1.29 is 9.53 Å². The molecule has 3 nitrogen and oxygen atoms in total. The van der Waals surface area contributed by atoms with Crippen molar-refractivity contribution in [3.8, 4) is 0 Å². The van der Waals surface area contributed by atoms with E-state index in [1.54, 1.807) is 7.11 Å². The molecule has 1 aliphatic heterocycles. The van der Waals surface area contributed by atoms with Gasteiger partial charge >= 0.3 is 0 Å². The first-order valence-electron chi connectivity index (χ1n) is 6.66. The molecule has 0 aliphatic carbocycles. The van der Waals surface area contributed by atoms with Gasteiger partial charge in [0.2, 0.25) is 0 Å². The standard InChI is InChI=1S/C15H21NO2/c1-3-15(17)13-6-4-5-7-14(13)16-10-8-12(18-2)9-11-16/h4-7,12H,3,8-11H2,1-2H3. The highest BCUT2D eigenvalue weighted by Gasteiger charge is 2.21. The molecule has 1 heterocycles. The summed E-state index contributed by atoms with van der Waals surface area (Å²) in [6, 6.07) is 7.93. The van der Waals surface area contributed by atoms with E-state index < -0.39 is 0 Å². The lowest BCUT2D eigenvalue weighted by Gasteiger charge is -2.33. The Morgan fingerprint density at radius 2 is 2.00 bits per heavy atom. The van der Waals surface area contributed by atoms with Gasteiger partial charge in [-0.05, 0) is 25.0 Å². The van der Waals surface area contributed by atoms with Crippen LogP contribution in [0.2, 0.25) is 0 Å². The van der Waals surface area contributed by atoms with Crippen molar-refractivity contribution in [1.82, 2.24) is 0 Å². The molecule has 1 aromatic carbocycles. The summed E-state index contributed by atoms with van der Waals surface area (Å²) in [5, 5.41) is 0. The molecular weight excluding hydrogens is 226 g/mol. The quantitative estimate of drug-likeness (QED) is 0.766. The van der Waals surface area contributed by atoms with E-state index in [2.05, 4.69) is 11.0 Å². The molecule has 0 atom stereocenters. The van der Waals surface area contributed by atoms with Crippen molar-refractivity contribution in [1.29, 1.82) is 0 Å². The highest BCUT2D eigenvalue weighted by atomic mass is 16.5. The van der Waals surface area contributed by atoms with Gasteiger partial charge in [0.15, 0.2) is 5.78 Å². The zero-order valence-corrected chi connectivity index (χ0v) is 11.2. The molecule has 0 unspecified atom stereocenters. The number of anilines is 1. The summed E-state index contributed by atoms with van der Waals surface area (Å²) >= 11 is 0. The van der Waals surface area contributed by atoms with Crippen molar-refractivity contribution >= 4 is 11.5 Å². The molecule has 0 saturated carbocycles. The van der Waals surface area contributed by atoms with Gasteiger partial charge in [-0.1, -0.05) is 19.1 Å². The Hall–Kier alpha value is -1.35. The predicted octanol–water partition coefficient (Wildman–Crippen LogP) is 2.89. The molecule has 1 aromatic rings. The van der Waals surface area contributed by atoms with Crippen LogP contribution in [0.15, 0.2) is 24.3 Å². The van der Waals surface area contributed by atoms with Gasteiger partial charge in [0, 0.05) is 37.9 Å². The number of nitrogens with zero attached hydrogens (tertiary/aromatic N) is 1. The maximum Gasteiger partial charge on any atom is 0.164 e. The van der Waals surface area contributed by atoms with E-state index in [4.69, 9.17) is 4.74 Å². The van der Waals surface area contributed by atoms with Gasteiger partial charge in [-0.3, -0.25) is 4.79 Å². The molecule has 1 fully saturated rings. The Bertz CT molecular complexity index is 409. The number of ketones is 1. The number of benzene rings is 1. The van der Waals surface area contributed by atoms with Crippen molar-refractivity contribution in [3.63, 3.8) is 0 Å². The fourth-order valence-corrected chi connectivity index (χ4v) is 2.51. The largest absolute Gasteiger partial charge is 0.381 e. The number of carbonyl (C=O) groups is 1. The number of hydrogen-bond donors (Lipinski definition) is 0. The van der Waals surface area contributed by atoms with Crippen LogP contribution in [0.5, 0.6) is 0 Å². The van der Waals surface area contributed by atoms with Crippen LogP contribution in [0.1, 0.15) is 36.5 Å². The maximum atomic E-state index is 11.9. The molecule has 2 rings (SSSR count). The molecule has 0 spiro atoms. The van der Waals surface area contributed by atoms with E-state index in [0.717, 1.165) is 37.2 Å². The van der Waals surface area contributed by atoms with E-state index in [0.29, 0.717) is 12.5 Å². The van der Waals surface area contributed by atoms with Gasteiger partial charge in [0.25, 0.3) is 0 Å². The summed E-state index contributed by atoms with van der Waals surface area (Å²) in [6.07, 6.45) is 3.00. The third-order valence-electron chi connectivity index (χ3n) is 3.64. The van der Waals surface area contributed by atoms with Gasteiger partial charge in [-0.2, -0.15) is 0 Å². The first kappa shape index (κ1) is 13.1. The van der Waals surface area contributed by atoms with E-state index in [-0.39, 0.29) is 5.78 Å². The van der Waals surface area contributed by atoms with Crippen molar-refractivity contribution in [2.75, 3.05) is 25.1 Å². The second-order valence-corrected chi connectivity index (χ2v) is 4.72. The summed E-state index contributed by atoms with van der Waals surface area (Å²) in [5.41, 5.74) is 1.94. The lowest BCUT2D eigenvalue weighted by Crippen LogP contribution is -2.37. The number of rotatable bonds is 4. The fraction of sp³-hybridized carbons (Fsp3) is 0.533. The highest BCUT2D eigenvalue weighted by molar-refractivity contribution is 6.01. The Labute approximate surface area is 109 Å². The van der Waals surface area contributed by atoms with Crippen LogP contribution in [-0.4, -0.2) is 32.1 Å². The normalized spacial score (nSPS) is 16.9. The van der Waals surface area contributed by atoms with E-state index in [1.165, 1.54) is 0 Å². The summed E-state index contributed by atoms with van der Waals surface area (Å²) in [7, 11) is 1.77. The number of ether oxygens (including phenoxy) is 1. The summed E-state index contributed by atoms with van der Waals surface area (Å²) < 4.78 is 5.38. The van der Waals surface area contributed by atoms with Crippen LogP contribution < -0.4 is 4.90 Å². The summed E-state index contributed by atoms with van der Waals surface area (Å²) in [6.45, 7) is 3.84. The predicted molar refractivity (Wildman–Crippen MR) is 73.3 cm³/mol. The van der Waals surface area contributed by atoms with Gasteiger partial charge in [-0.15, -0.1) is 0 Å². The minimum atomic E-state index is 0.222. The summed E-state index contributed by atoms with van der Waals surface area (Å²) in [4.78, 5) is 14.3. The number of piperidine rings is 1. The average Bonchev–Trinajstić information content (AvgIpc) is 2.46. The first-order chi connectivity index (χ1) is 8.76. The smallest absolute Gasteiger partial charge is 0.164 e. The molecule has 18 heavy (non-hydrogen) atoms. The van der Waals surface area contributed by atoms with E-state index >= 15 is 0 Å². The lowest BCUT2D eigenvalue weighted by atomic mass is 10.0. The van der Waals surface area contributed by atoms with Crippen LogP contribution in [0.4, 0.5) is 5.69 Å². The molecule has 0 amide bonds. The first-order valence-corrected chi connectivity index (χ1v) is 6.66. The molecule has 98 valence electrons. The minimum absolute atomic E-state index is 0.222. The number of Topliss-reactive ketones (excluding diaryl/α,β-unsaturated/α-hetero) is 1. The fourth-order valence-electron chi connectivity index (χ4n) is 2.51. The van der Waals surface area contributed by atoms with Crippen molar-refractivity contribution in [2.45, 2.75) is 32.3 Å². The number of carbonyl (C=O) groups excluding carboxylic acids is 1. The minimum Gasteiger partial charge on any atom is -0.381 e. The number of methoxy groups -OCH3 is 1. The second kappa shape index (κ2) is 6.01. The Balaban J connectivity index is 2.16. The molecular formula is C15H21NO2. The number of hydrogen-bond acceptors (Lipinski definition) is 3. The molecule has 3 heteroatoms. The van der Waals surface area contributed by atoms with Gasteiger partial charge < -0.3 is 9.64 Å². The van der Waals surface area contributed by atoms with Crippen LogP contribution in [0.3, 0.4) is 0 Å². The zero-order valence-electron chi connectivity index (χ0n) is 11.2. The zero-order chi connectivity index (χ0) is 13.0. The van der Waals surface area contributed by atoms with Crippen molar-refractivity contribution in [3.05, 3.63) is 29.8 Å². The molecule has 0 N–H and O–H groups in total. The molecule has 0 aromatic heterocycles. The van der Waals surface area contributed by atoms with Crippen molar-refractivity contribution in [2.24, 2.45) is 0 Å². The van der Waals surface area contributed by atoms with E-state index in [9.17, 15) is 4.79 Å². The maximum absolute atomic E-state index is 11.9. The third kappa shape index (κ3) is 2.72. The molecule has 0 radical (unpaired) electrons. The highest BCUT2D eigenvalue weighted by Crippen LogP contribution is 2.25. The van der Waals surface area contributed by atoms with Crippen LogP contribution in [-0.2, 0) is 4.74 Å². The Kier molecular flexibility index (Phi) is 4.37. The Morgan fingerprint density at radius 1 is 1.33 bits per heavy atom. The SMILES string of the molecule is CCC(=O)c1ccccc1N1CCC(OC)CC1. The van der Waals surface area contributed by atoms with Crippen LogP contribution in [0.25, 0.3) is 0 Å². The monoisotopic (exact) mass is 247 g/mol. The van der Waals surface area contributed by atoms with Gasteiger partial charge in [0.1, 0.15) is 0 Å². The number of para-hydroxylation sites is 1. The average molecular weight is 247 g/mol. The van der Waals surface area contributed by atoms with Gasteiger partial charge in [-0.25, -0.2) is 0 Å². The van der Waals surface area contributed by atoms with Gasteiger partial charge in [0.05, 0.1) is 6.10 Å².